The maximum Gasteiger partial charge on any atom is 0.266 e. The molecule has 0 spiro atoms. The molecule has 0 fully saturated rings. The van der Waals surface area contributed by atoms with Crippen LogP contribution in [0.3, 0.4) is 0 Å². The summed E-state index contributed by atoms with van der Waals surface area (Å²) in [6.45, 7) is 2.08. The lowest BCUT2D eigenvalue weighted by atomic mass is 10.1. The fourth-order valence-electron chi connectivity index (χ4n) is 1.96. The van der Waals surface area contributed by atoms with Gasteiger partial charge in [-0.1, -0.05) is 18.2 Å². The molecule has 0 bridgehead atoms. The molecule has 0 aliphatic rings. The number of anilines is 1. The minimum Gasteiger partial charge on any atom is -0.389 e. The van der Waals surface area contributed by atoms with Gasteiger partial charge in [-0.25, -0.2) is 0 Å². The lowest BCUT2D eigenvalue weighted by Crippen LogP contribution is -2.14. The average Bonchev–Trinajstić information content (AvgIpc) is 2.88. The Morgan fingerprint density at radius 3 is 2.85 bits per heavy atom. The van der Waals surface area contributed by atoms with E-state index in [9.17, 15) is 9.90 Å². The van der Waals surface area contributed by atoms with Crippen LogP contribution in [0.4, 0.5) is 5.69 Å². The average molecular weight is 291 g/mol. The Morgan fingerprint density at radius 2 is 2.15 bits per heavy atom. The van der Waals surface area contributed by atoms with Gasteiger partial charge in [0, 0.05) is 23.9 Å². The van der Waals surface area contributed by atoms with Crippen molar-refractivity contribution < 1.29 is 14.6 Å². The molecule has 0 radical (unpaired) electrons. The monoisotopic (exact) mass is 291 g/mol. The van der Waals surface area contributed by atoms with E-state index in [4.69, 9.17) is 4.74 Å². The van der Waals surface area contributed by atoms with E-state index in [-0.39, 0.29) is 5.91 Å². The highest BCUT2D eigenvalue weighted by Gasteiger charge is 2.15. The number of thiophene rings is 1. The van der Waals surface area contributed by atoms with Gasteiger partial charge in [0.1, 0.15) is 0 Å². The highest BCUT2D eigenvalue weighted by molar-refractivity contribution is 7.12. The maximum atomic E-state index is 12.3. The summed E-state index contributed by atoms with van der Waals surface area (Å²) in [6.07, 6.45) is -0.631. The molecule has 2 N–H and O–H groups in total. The van der Waals surface area contributed by atoms with Crippen molar-refractivity contribution >= 4 is 22.9 Å². The zero-order chi connectivity index (χ0) is 14.5. The van der Waals surface area contributed by atoms with Crippen LogP contribution in [0.2, 0.25) is 0 Å². The van der Waals surface area contributed by atoms with E-state index in [2.05, 4.69) is 5.32 Å². The summed E-state index contributed by atoms with van der Waals surface area (Å²) in [5.41, 5.74) is 2.19. The lowest BCUT2D eigenvalue weighted by Gasteiger charge is -2.13. The smallest absolute Gasteiger partial charge is 0.266 e. The first-order valence-electron chi connectivity index (χ1n) is 6.27. The number of amides is 1. The fraction of sp³-hybridized carbons (Fsp3) is 0.267. The van der Waals surface area contributed by atoms with Crippen molar-refractivity contribution in [3.63, 3.8) is 0 Å². The summed E-state index contributed by atoms with van der Waals surface area (Å²) in [7, 11) is 1.60. The summed E-state index contributed by atoms with van der Waals surface area (Å²) in [5, 5.41) is 14.4. The normalized spacial score (nSPS) is 12.2. The molecule has 106 valence electrons. The molecule has 1 amide bonds. The van der Waals surface area contributed by atoms with E-state index in [1.165, 1.54) is 11.3 Å². The Bertz CT molecular complexity index is 592. The molecule has 4 nitrogen and oxygen atoms in total. The predicted molar refractivity (Wildman–Crippen MR) is 80.1 cm³/mol. The fourth-order valence-corrected chi connectivity index (χ4v) is 2.76. The standard InChI is InChI=1S/C15H17NO3S/c1-10(17)12-5-3-4-6-13(12)16-15(18)14-11(9-19-2)7-8-20-14/h3-8,10,17H,9H2,1-2H3,(H,16,18). The number of nitrogens with one attached hydrogen (secondary N) is 1. The molecule has 20 heavy (non-hydrogen) atoms. The molecule has 5 heteroatoms. The minimum atomic E-state index is -0.631. The van der Waals surface area contributed by atoms with Gasteiger partial charge in [-0.2, -0.15) is 0 Å². The molecule has 2 aromatic rings. The van der Waals surface area contributed by atoms with E-state index in [1.54, 1.807) is 26.2 Å². The van der Waals surface area contributed by atoms with Crippen LogP contribution in [-0.4, -0.2) is 18.1 Å². The topological polar surface area (TPSA) is 58.6 Å². The van der Waals surface area contributed by atoms with Crippen LogP contribution >= 0.6 is 11.3 Å². The van der Waals surface area contributed by atoms with Gasteiger partial charge in [0.15, 0.2) is 0 Å². The molecule has 1 heterocycles. The third-order valence-corrected chi connectivity index (χ3v) is 3.87. The van der Waals surface area contributed by atoms with Crippen molar-refractivity contribution in [3.8, 4) is 0 Å². The van der Waals surface area contributed by atoms with Gasteiger partial charge in [0.2, 0.25) is 0 Å². The molecule has 0 saturated heterocycles. The van der Waals surface area contributed by atoms with Gasteiger partial charge in [0.25, 0.3) is 5.91 Å². The highest BCUT2D eigenvalue weighted by atomic mass is 32.1. The van der Waals surface area contributed by atoms with Gasteiger partial charge in [-0.3, -0.25) is 4.79 Å². The van der Waals surface area contributed by atoms with Gasteiger partial charge in [-0.05, 0) is 24.4 Å². The number of aliphatic hydroxyl groups excluding tert-OH is 1. The number of benzene rings is 1. The third-order valence-electron chi connectivity index (χ3n) is 2.91. The Morgan fingerprint density at radius 1 is 1.40 bits per heavy atom. The van der Waals surface area contributed by atoms with Crippen LogP contribution < -0.4 is 5.32 Å². The zero-order valence-electron chi connectivity index (χ0n) is 11.4. The number of para-hydroxylation sites is 1. The van der Waals surface area contributed by atoms with Crippen LogP contribution in [-0.2, 0) is 11.3 Å². The number of carbonyl (C=O) groups excluding carboxylic acids is 1. The summed E-state index contributed by atoms with van der Waals surface area (Å²) in [5.74, 6) is -0.180. The van der Waals surface area contributed by atoms with Crippen molar-refractivity contribution in [1.29, 1.82) is 0 Å². The number of hydrogen-bond acceptors (Lipinski definition) is 4. The Labute approximate surface area is 122 Å². The first kappa shape index (κ1) is 14.7. The van der Waals surface area contributed by atoms with Crippen molar-refractivity contribution in [2.75, 3.05) is 12.4 Å². The Hall–Kier alpha value is -1.69. The minimum absolute atomic E-state index is 0.180. The van der Waals surface area contributed by atoms with Crippen LogP contribution in [0.1, 0.15) is 33.8 Å². The Balaban J connectivity index is 2.22. The maximum absolute atomic E-state index is 12.3. The summed E-state index contributed by atoms with van der Waals surface area (Å²) >= 11 is 1.38. The largest absolute Gasteiger partial charge is 0.389 e. The number of aliphatic hydroxyl groups is 1. The second-order valence-corrected chi connectivity index (χ2v) is 5.34. The van der Waals surface area contributed by atoms with E-state index in [0.717, 1.165) is 5.56 Å². The molecule has 0 aliphatic carbocycles. The molecule has 0 saturated carbocycles. The van der Waals surface area contributed by atoms with Crippen molar-refractivity contribution in [3.05, 3.63) is 51.7 Å². The third kappa shape index (κ3) is 3.25. The summed E-state index contributed by atoms with van der Waals surface area (Å²) in [4.78, 5) is 12.9. The second-order valence-electron chi connectivity index (χ2n) is 4.43. The van der Waals surface area contributed by atoms with E-state index < -0.39 is 6.10 Å². The molecular formula is C15H17NO3S. The van der Waals surface area contributed by atoms with Crippen molar-refractivity contribution in [1.82, 2.24) is 0 Å². The van der Waals surface area contributed by atoms with Crippen molar-refractivity contribution in [2.24, 2.45) is 0 Å². The predicted octanol–water partition coefficient (Wildman–Crippen LogP) is 3.20. The number of hydrogen-bond donors (Lipinski definition) is 2. The number of ether oxygens (including phenoxy) is 1. The number of carbonyl (C=O) groups is 1. The first-order valence-corrected chi connectivity index (χ1v) is 7.15. The van der Waals surface area contributed by atoms with Crippen LogP contribution in [0.15, 0.2) is 35.7 Å². The molecule has 0 aliphatic heterocycles. The van der Waals surface area contributed by atoms with Gasteiger partial charge in [0.05, 0.1) is 17.6 Å². The number of rotatable bonds is 5. The second kappa shape index (κ2) is 6.65. The summed E-state index contributed by atoms with van der Waals surface area (Å²) in [6, 6.07) is 9.11. The van der Waals surface area contributed by atoms with Gasteiger partial charge >= 0.3 is 0 Å². The van der Waals surface area contributed by atoms with E-state index >= 15 is 0 Å². The van der Waals surface area contributed by atoms with Crippen LogP contribution in [0.5, 0.6) is 0 Å². The Kier molecular flexibility index (Phi) is 4.89. The quantitative estimate of drug-likeness (QED) is 0.889. The zero-order valence-corrected chi connectivity index (χ0v) is 12.2. The molecule has 2 rings (SSSR count). The van der Waals surface area contributed by atoms with Crippen LogP contribution in [0.25, 0.3) is 0 Å². The molecule has 1 aromatic heterocycles. The van der Waals surface area contributed by atoms with Gasteiger partial charge < -0.3 is 15.2 Å². The molecular weight excluding hydrogens is 274 g/mol. The molecule has 1 aromatic carbocycles. The highest BCUT2D eigenvalue weighted by Crippen LogP contribution is 2.24. The van der Waals surface area contributed by atoms with Gasteiger partial charge in [-0.15, -0.1) is 11.3 Å². The lowest BCUT2D eigenvalue weighted by molar-refractivity contribution is 0.102. The first-order chi connectivity index (χ1) is 9.63. The van der Waals surface area contributed by atoms with Crippen LogP contribution in [0, 0.1) is 0 Å². The SMILES string of the molecule is COCc1ccsc1C(=O)Nc1ccccc1C(C)O. The van der Waals surface area contributed by atoms with E-state index in [1.807, 2.05) is 23.6 Å². The van der Waals surface area contributed by atoms with Crippen molar-refractivity contribution in [2.45, 2.75) is 19.6 Å². The number of methoxy groups -OCH3 is 1. The molecule has 1 atom stereocenters. The summed E-state index contributed by atoms with van der Waals surface area (Å²) < 4.78 is 5.08. The molecule has 1 unspecified atom stereocenters. The van der Waals surface area contributed by atoms with E-state index in [0.29, 0.717) is 22.7 Å².